The van der Waals surface area contributed by atoms with Crippen LogP contribution >= 0.6 is 12.2 Å². The van der Waals surface area contributed by atoms with Crippen LogP contribution in [0.15, 0.2) is 30.6 Å². The number of halogens is 1. The van der Waals surface area contributed by atoms with E-state index in [-0.39, 0.29) is 10.7 Å². The van der Waals surface area contributed by atoms with Crippen molar-refractivity contribution in [3.63, 3.8) is 0 Å². The molecule has 1 heterocycles. The summed E-state index contributed by atoms with van der Waals surface area (Å²) in [6.07, 6.45) is 2.95. The summed E-state index contributed by atoms with van der Waals surface area (Å²) in [5.74, 6) is 0.217. The highest BCUT2D eigenvalue weighted by molar-refractivity contribution is 7.80. The fourth-order valence-corrected chi connectivity index (χ4v) is 1.51. The van der Waals surface area contributed by atoms with Gasteiger partial charge < -0.3 is 15.8 Å². The van der Waals surface area contributed by atoms with E-state index in [1.54, 1.807) is 6.07 Å². The number of nitrogens with two attached hydrogens (primary N) is 1. The fourth-order valence-electron chi connectivity index (χ4n) is 1.41. The summed E-state index contributed by atoms with van der Waals surface area (Å²) < 4.78 is 18.1. The van der Waals surface area contributed by atoms with Crippen molar-refractivity contribution in [2.24, 2.45) is 5.73 Å². The molecule has 0 unspecified atom stereocenters. The third-order valence-electron chi connectivity index (χ3n) is 2.33. The van der Waals surface area contributed by atoms with E-state index in [0.29, 0.717) is 17.2 Å². The highest BCUT2D eigenvalue weighted by Crippen LogP contribution is 2.23. The molecule has 1 aromatic carbocycles. The van der Waals surface area contributed by atoms with Crippen LogP contribution < -0.4 is 15.8 Å². The van der Waals surface area contributed by atoms with Crippen LogP contribution in [-0.2, 0) is 0 Å². The number of rotatable bonds is 4. The number of nitrogens with one attached hydrogen (secondary N) is 1. The molecule has 1 aromatic heterocycles. The maximum atomic E-state index is 13.2. The van der Waals surface area contributed by atoms with Crippen LogP contribution in [0.3, 0.4) is 0 Å². The standard InChI is InChI=1S/C12H11FN4OS/c1-18-10-4-7(2-3-8(10)13)17-11-6-15-9(5-16-11)12(14)19/h2-6H,1H3,(H2,14,19)(H,16,17). The van der Waals surface area contributed by atoms with Crippen molar-refractivity contribution in [3.05, 3.63) is 42.1 Å². The van der Waals surface area contributed by atoms with Crippen LogP contribution in [-0.4, -0.2) is 22.1 Å². The smallest absolute Gasteiger partial charge is 0.165 e. The number of aromatic nitrogens is 2. The first-order valence-electron chi connectivity index (χ1n) is 5.32. The first-order valence-corrected chi connectivity index (χ1v) is 5.73. The van der Waals surface area contributed by atoms with E-state index in [2.05, 4.69) is 15.3 Å². The molecule has 98 valence electrons. The third-order valence-corrected chi connectivity index (χ3v) is 2.54. The molecule has 0 aliphatic rings. The van der Waals surface area contributed by atoms with E-state index in [9.17, 15) is 4.39 Å². The molecule has 3 N–H and O–H groups in total. The molecule has 2 aromatic rings. The first kappa shape index (κ1) is 13.2. The summed E-state index contributed by atoms with van der Waals surface area (Å²) in [6, 6.07) is 4.40. The van der Waals surface area contributed by atoms with E-state index >= 15 is 0 Å². The van der Waals surface area contributed by atoms with Gasteiger partial charge in [0.05, 0.1) is 19.5 Å². The average Bonchev–Trinajstić information content (AvgIpc) is 2.41. The van der Waals surface area contributed by atoms with Gasteiger partial charge in [-0.1, -0.05) is 12.2 Å². The fraction of sp³-hybridized carbons (Fsp3) is 0.0833. The van der Waals surface area contributed by atoms with Crippen LogP contribution in [0.4, 0.5) is 15.9 Å². The largest absolute Gasteiger partial charge is 0.494 e. The van der Waals surface area contributed by atoms with Crippen molar-refractivity contribution in [1.29, 1.82) is 0 Å². The molecule has 7 heteroatoms. The van der Waals surface area contributed by atoms with Gasteiger partial charge in [-0.25, -0.2) is 14.4 Å². The molecule has 19 heavy (non-hydrogen) atoms. The molecular formula is C12H11FN4OS. The molecular weight excluding hydrogens is 267 g/mol. The predicted octanol–water partition coefficient (Wildman–Crippen LogP) is 2.00. The highest BCUT2D eigenvalue weighted by atomic mass is 32.1. The lowest BCUT2D eigenvalue weighted by molar-refractivity contribution is 0.387. The highest BCUT2D eigenvalue weighted by Gasteiger charge is 2.05. The topological polar surface area (TPSA) is 73.1 Å². The lowest BCUT2D eigenvalue weighted by Gasteiger charge is -2.08. The molecule has 2 rings (SSSR count). The van der Waals surface area contributed by atoms with Gasteiger partial charge in [0, 0.05) is 11.8 Å². The van der Waals surface area contributed by atoms with Crippen molar-refractivity contribution >= 4 is 28.7 Å². The van der Waals surface area contributed by atoms with Crippen LogP contribution in [0, 0.1) is 5.82 Å². The molecule has 0 bridgehead atoms. The molecule has 0 amide bonds. The second-order valence-corrected chi connectivity index (χ2v) is 4.07. The van der Waals surface area contributed by atoms with Crippen molar-refractivity contribution in [2.75, 3.05) is 12.4 Å². The minimum absolute atomic E-state index is 0.151. The lowest BCUT2D eigenvalue weighted by atomic mass is 10.3. The van der Waals surface area contributed by atoms with E-state index < -0.39 is 5.82 Å². The molecule has 0 atom stereocenters. The van der Waals surface area contributed by atoms with Gasteiger partial charge >= 0.3 is 0 Å². The Bertz CT molecular complexity index is 603. The molecule has 0 spiro atoms. The summed E-state index contributed by atoms with van der Waals surface area (Å²) in [7, 11) is 1.40. The van der Waals surface area contributed by atoms with Crippen LogP contribution in [0.2, 0.25) is 0 Å². The SMILES string of the molecule is COc1cc(Nc2cnc(C(N)=S)cn2)ccc1F. The summed E-state index contributed by atoms with van der Waals surface area (Å²) in [4.78, 5) is 8.32. The minimum Gasteiger partial charge on any atom is -0.494 e. The first-order chi connectivity index (χ1) is 9.10. The second kappa shape index (κ2) is 5.57. The number of ether oxygens (including phenoxy) is 1. The molecule has 0 saturated carbocycles. The van der Waals surface area contributed by atoms with Crippen molar-refractivity contribution in [1.82, 2.24) is 9.97 Å². The molecule has 0 fully saturated rings. The Morgan fingerprint density at radius 1 is 1.37 bits per heavy atom. The van der Waals surface area contributed by atoms with Crippen LogP contribution in [0.5, 0.6) is 5.75 Å². The van der Waals surface area contributed by atoms with E-state index in [4.69, 9.17) is 22.7 Å². The Morgan fingerprint density at radius 2 is 2.16 bits per heavy atom. The summed E-state index contributed by atoms with van der Waals surface area (Å²) in [5, 5.41) is 2.97. The number of hydrogen-bond acceptors (Lipinski definition) is 5. The number of benzene rings is 1. The zero-order valence-electron chi connectivity index (χ0n) is 10.1. The number of nitrogens with zero attached hydrogens (tertiary/aromatic N) is 2. The monoisotopic (exact) mass is 278 g/mol. The normalized spacial score (nSPS) is 10.0. The predicted molar refractivity (Wildman–Crippen MR) is 74.2 cm³/mol. The Morgan fingerprint density at radius 3 is 2.74 bits per heavy atom. The molecule has 0 radical (unpaired) electrons. The summed E-state index contributed by atoms with van der Waals surface area (Å²) >= 11 is 4.78. The Hall–Kier alpha value is -2.28. The third kappa shape index (κ3) is 3.14. The zero-order chi connectivity index (χ0) is 13.8. The average molecular weight is 278 g/mol. The van der Waals surface area contributed by atoms with Gasteiger partial charge in [-0.05, 0) is 12.1 Å². The Labute approximate surface area is 114 Å². The van der Waals surface area contributed by atoms with Crippen LogP contribution in [0.25, 0.3) is 0 Å². The number of hydrogen-bond donors (Lipinski definition) is 2. The molecule has 0 aliphatic heterocycles. The van der Waals surface area contributed by atoms with Crippen molar-refractivity contribution in [2.45, 2.75) is 0 Å². The van der Waals surface area contributed by atoms with Gasteiger partial charge in [-0.3, -0.25) is 0 Å². The number of thiocarbonyl (C=S) groups is 1. The van der Waals surface area contributed by atoms with Gasteiger partial charge in [0.1, 0.15) is 16.5 Å². The zero-order valence-corrected chi connectivity index (χ0v) is 10.9. The van der Waals surface area contributed by atoms with Gasteiger partial charge in [0.2, 0.25) is 0 Å². The van der Waals surface area contributed by atoms with Gasteiger partial charge in [-0.15, -0.1) is 0 Å². The maximum absolute atomic E-state index is 13.2. The van der Waals surface area contributed by atoms with E-state index in [1.807, 2.05) is 0 Å². The second-order valence-electron chi connectivity index (χ2n) is 3.63. The molecule has 0 aliphatic carbocycles. The number of anilines is 2. The Kier molecular flexibility index (Phi) is 3.86. The number of methoxy groups -OCH3 is 1. The lowest BCUT2D eigenvalue weighted by Crippen LogP contribution is -2.12. The van der Waals surface area contributed by atoms with Gasteiger partial charge in [0.15, 0.2) is 11.6 Å². The molecule has 0 saturated heterocycles. The maximum Gasteiger partial charge on any atom is 0.165 e. The van der Waals surface area contributed by atoms with Gasteiger partial charge in [0.25, 0.3) is 0 Å². The van der Waals surface area contributed by atoms with Crippen molar-refractivity contribution < 1.29 is 9.13 Å². The van der Waals surface area contributed by atoms with E-state index in [0.717, 1.165) is 0 Å². The summed E-state index contributed by atoms with van der Waals surface area (Å²) in [6.45, 7) is 0. The van der Waals surface area contributed by atoms with Crippen LogP contribution in [0.1, 0.15) is 5.69 Å². The van der Waals surface area contributed by atoms with Gasteiger partial charge in [-0.2, -0.15) is 0 Å². The van der Waals surface area contributed by atoms with Crippen molar-refractivity contribution in [3.8, 4) is 5.75 Å². The van der Waals surface area contributed by atoms with E-state index in [1.165, 1.54) is 31.6 Å². The Balaban J connectivity index is 2.19. The quantitative estimate of drug-likeness (QED) is 0.833. The molecule has 5 nitrogen and oxygen atoms in total. The minimum atomic E-state index is -0.428. The summed E-state index contributed by atoms with van der Waals surface area (Å²) in [5.41, 5.74) is 6.50.